The van der Waals surface area contributed by atoms with Crippen LogP contribution in [-0.2, 0) is 25.5 Å². The van der Waals surface area contributed by atoms with Crippen LogP contribution in [0.5, 0.6) is 0 Å². The molecule has 1 amide bonds. The number of ether oxygens (including phenoxy) is 4. The van der Waals surface area contributed by atoms with Gasteiger partial charge in [0.1, 0.15) is 24.0 Å². The lowest BCUT2D eigenvalue weighted by molar-refractivity contribution is -0.0489. The molecule has 2 aliphatic rings. The van der Waals surface area contributed by atoms with Crippen molar-refractivity contribution in [2.24, 2.45) is 0 Å². The first kappa shape index (κ1) is 36.9. The quantitative estimate of drug-likeness (QED) is 0.237. The van der Waals surface area contributed by atoms with Gasteiger partial charge in [0.15, 0.2) is 0 Å². The number of benzene rings is 2. The molecule has 1 N–H and O–H groups in total. The molecule has 1 aromatic heterocycles. The molecule has 12 nitrogen and oxygen atoms in total. The predicted molar refractivity (Wildman–Crippen MR) is 188 cm³/mol. The van der Waals surface area contributed by atoms with E-state index in [9.17, 15) is 19.2 Å². The molecule has 0 bridgehead atoms. The van der Waals surface area contributed by atoms with Crippen LogP contribution in [0.2, 0.25) is 0 Å². The van der Waals surface area contributed by atoms with Gasteiger partial charge in [0.25, 0.3) is 5.56 Å². The number of aryl methyl sites for hydroxylation is 1. The minimum Gasteiger partial charge on any atom is -0.444 e. The minimum atomic E-state index is -0.843. The number of piperidine rings is 1. The summed E-state index contributed by atoms with van der Waals surface area (Å²) in [5, 5.41) is 0. The van der Waals surface area contributed by atoms with Crippen LogP contribution >= 0.6 is 0 Å². The van der Waals surface area contributed by atoms with Gasteiger partial charge in [-0.25, -0.2) is 14.4 Å². The summed E-state index contributed by atoms with van der Waals surface area (Å²) in [6, 6.07) is 19.5. The molecule has 0 spiro atoms. The Morgan fingerprint density at radius 2 is 1.74 bits per heavy atom. The molecule has 2 aromatic carbocycles. The molecule has 0 radical (unpaired) electrons. The number of rotatable bonds is 11. The smallest absolute Gasteiger partial charge is 0.444 e. The van der Waals surface area contributed by atoms with Crippen molar-refractivity contribution in [2.45, 2.75) is 109 Å². The summed E-state index contributed by atoms with van der Waals surface area (Å²) in [5.74, 6) is 0. The zero-order chi connectivity index (χ0) is 35.8. The average molecular weight is 691 g/mol. The van der Waals surface area contributed by atoms with Crippen molar-refractivity contribution in [2.75, 3.05) is 19.6 Å². The summed E-state index contributed by atoms with van der Waals surface area (Å²) in [6.45, 7) is 11.2. The molecule has 0 aliphatic carbocycles. The van der Waals surface area contributed by atoms with Crippen LogP contribution in [-0.4, -0.2) is 75.1 Å². The lowest BCUT2D eigenvalue weighted by atomic mass is 10.0. The lowest BCUT2D eigenvalue weighted by Gasteiger charge is -2.40. The second-order valence-electron chi connectivity index (χ2n) is 14.2. The number of hydrogen-bond acceptors (Lipinski definition) is 9. The molecule has 270 valence electrons. The molecular weight excluding hydrogens is 640 g/mol. The monoisotopic (exact) mass is 690 g/mol. The first-order valence-electron chi connectivity index (χ1n) is 17.6. The number of carbonyl (C=O) groups excluding carboxylic acids is 2. The molecule has 5 rings (SSSR count). The van der Waals surface area contributed by atoms with Crippen molar-refractivity contribution in [3.8, 4) is 0 Å². The van der Waals surface area contributed by atoms with E-state index in [0.29, 0.717) is 38.2 Å². The third-order valence-corrected chi connectivity index (χ3v) is 9.09. The second-order valence-corrected chi connectivity index (χ2v) is 14.2. The number of likely N-dealkylation sites (tertiary alicyclic amines) is 1. The summed E-state index contributed by atoms with van der Waals surface area (Å²) in [6.07, 6.45) is 1.27. The molecule has 3 aromatic rings. The molecule has 2 fully saturated rings. The van der Waals surface area contributed by atoms with E-state index in [2.05, 4.69) is 22.0 Å². The van der Waals surface area contributed by atoms with Crippen LogP contribution in [0.4, 0.5) is 9.59 Å². The van der Waals surface area contributed by atoms with Crippen LogP contribution in [0.3, 0.4) is 0 Å². The van der Waals surface area contributed by atoms with Gasteiger partial charge in [-0.3, -0.25) is 19.2 Å². The summed E-state index contributed by atoms with van der Waals surface area (Å²) in [7, 11) is 0. The van der Waals surface area contributed by atoms with Crippen LogP contribution < -0.4 is 11.2 Å². The molecule has 3 heterocycles. The highest BCUT2D eigenvalue weighted by molar-refractivity contribution is 5.68. The van der Waals surface area contributed by atoms with Crippen LogP contribution in [0.15, 0.2) is 76.4 Å². The van der Waals surface area contributed by atoms with E-state index < -0.39 is 47.5 Å². The van der Waals surface area contributed by atoms with Gasteiger partial charge in [-0.15, -0.1) is 0 Å². The number of aromatic nitrogens is 2. The summed E-state index contributed by atoms with van der Waals surface area (Å²) < 4.78 is 25.2. The fourth-order valence-electron chi connectivity index (χ4n) is 6.63. The summed E-state index contributed by atoms with van der Waals surface area (Å²) in [4.78, 5) is 57.7. The van der Waals surface area contributed by atoms with Crippen LogP contribution in [0.25, 0.3) is 0 Å². The topological polar surface area (TPSA) is 132 Å². The Bertz CT molecular complexity index is 1690. The van der Waals surface area contributed by atoms with Crippen molar-refractivity contribution in [3.63, 3.8) is 0 Å². The highest BCUT2D eigenvalue weighted by Gasteiger charge is 2.39. The molecule has 2 saturated heterocycles. The highest BCUT2D eigenvalue weighted by atomic mass is 16.7. The number of carbonyl (C=O) groups is 2. The van der Waals surface area contributed by atoms with E-state index in [1.54, 1.807) is 6.92 Å². The maximum Gasteiger partial charge on any atom is 0.509 e. The average Bonchev–Trinajstić information content (AvgIpc) is 3.48. The number of hydrogen-bond donors (Lipinski definition) is 1. The Balaban J connectivity index is 1.34. The third-order valence-electron chi connectivity index (χ3n) is 9.09. The lowest BCUT2D eigenvalue weighted by Crippen LogP contribution is -2.51. The number of nitrogens with zero attached hydrogens (tertiary/aromatic N) is 3. The van der Waals surface area contributed by atoms with Gasteiger partial charge in [0.05, 0.1) is 6.10 Å². The third kappa shape index (κ3) is 9.85. The van der Waals surface area contributed by atoms with Gasteiger partial charge in [0.2, 0.25) is 0 Å². The Hall–Kier alpha value is -4.42. The van der Waals surface area contributed by atoms with E-state index in [1.165, 1.54) is 10.8 Å². The molecule has 2 unspecified atom stereocenters. The van der Waals surface area contributed by atoms with Gasteiger partial charge in [0, 0.05) is 50.4 Å². The van der Waals surface area contributed by atoms with Crippen molar-refractivity contribution in [1.82, 2.24) is 19.4 Å². The molecule has 2 aliphatic heterocycles. The van der Waals surface area contributed by atoms with E-state index in [-0.39, 0.29) is 18.6 Å². The van der Waals surface area contributed by atoms with E-state index in [0.717, 1.165) is 30.4 Å². The van der Waals surface area contributed by atoms with Crippen LogP contribution in [0.1, 0.15) is 88.8 Å². The fraction of sp³-hybridized carbons (Fsp3) is 0.526. The number of nitrogens with one attached hydrogen (secondary N) is 1. The molecule has 12 heteroatoms. The van der Waals surface area contributed by atoms with E-state index in [4.69, 9.17) is 18.9 Å². The predicted octanol–water partition coefficient (Wildman–Crippen LogP) is 6.10. The Kier molecular flexibility index (Phi) is 12.2. The van der Waals surface area contributed by atoms with E-state index >= 15 is 0 Å². The van der Waals surface area contributed by atoms with Gasteiger partial charge >= 0.3 is 17.9 Å². The maximum absolute atomic E-state index is 13.6. The molecule has 50 heavy (non-hydrogen) atoms. The zero-order valence-electron chi connectivity index (χ0n) is 29.7. The fourth-order valence-corrected chi connectivity index (χ4v) is 6.63. The number of H-pyrrole nitrogens is 1. The van der Waals surface area contributed by atoms with Gasteiger partial charge in [-0.1, -0.05) is 67.6 Å². The molecule has 0 saturated carbocycles. The standard InChI is InChI=1S/C38H50N4O8/c1-6-30-31(21-33(47-30)42-22-26(2)34(43)39-35(42)44)48-37(46)49-32(28-17-11-8-12-18-28)25-40(23-27-15-9-7-10-16-27)24-29-19-13-14-20-41(29)36(45)50-38(3,4)5/h7-12,15-18,22,29-33H,6,13-14,19-21,23-25H2,1-5H3,(H,39,43,44)/t29?,30-,31-,32?,33-/m1/s1. The van der Waals surface area contributed by atoms with Gasteiger partial charge in [-0.05, 0) is 64.5 Å². The molecule has 5 atom stereocenters. The van der Waals surface area contributed by atoms with Gasteiger partial charge in [-0.2, -0.15) is 0 Å². The number of amides is 1. The van der Waals surface area contributed by atoms with Crippen molar-refractivity contribution >= 4 is 12.2 Å². The Morgan fingerprint density at radius 1 is 1.04 bits per heavy atom. The first-order chi connectivity index (χ1) is 23.9. The second kappa shape index (κ2) is 16.5. The number of aromatic amines is 1. The highest BCUT2D eigenvalue weighted by Crippen LogP contribution is 2.33. The summed E-state index contributed by atoms with van der Waals surface area (Å²) >= 11 is 0. The molecular formula is C38H50N4O8. The van der Waals surface area contributed by atoms with Crippen LogP contribution in [0, 0.1) is 6.92 Å². The largest absolute Gasteiger partial charge is 0.509 e. The SMILES string of the molecule is CC[C@H]1O[C@@H](n2cc(C)c(=O)[nH]c2=O)C[C@H]1OC(=O)OC(CN(Cc1ccccc1)CC1CCCCN1C(=O)OC(C)(C)C)c1ccccc1. The van der Waals surface area contributed by atoms with Crippen molar-refractivity contribution < 1.29 is 28.5 Å². The summed E-state index contributed by atoms with van der Waals surface area (Å²) in [5.41, 5.74) is 0.618. The minimum absolute atomic E-state index is 0.0801. The Morgan fingerprint density at radius 3 is 2.42 bits per heavy atom. The Labute approximate surface area is 293 Å². The normalized spacial score (nSPS) is 21.5. The van der Waals surface area contributed by atoms with Crippen molar-refractivity contribution in [1.29, 1.82) is 0 Å². The zero-order valence-corrected chi connectivity index (χ0v) is 29.7. The van der Waals surface area contributed by atoms with Crippen molar-refractivity contribution in [3.05, 3.63) is 104 Å². The van der Waals surface area contributed by atoms with E-state index in [1.807, 2.05) is 81.1 Å². The maximum atomic E-state index is 13.6. The first-order valence-corrected chi connectivity index (χ1v) is 17.6. The van der Waals surface area contributed by atoms with Gasteiger partial charge < -0.3 is 23.8 Å².